The Hall–Kier alpha value is -1.59. The summed E-state index contributed by atoms with van der Waals surface area (Å²) in [5.74, 6) is 0.634. The van der Waals surface area contributed by atoms with Crippen LogP contribution < -0.4 is 15.4 Å². The summed E-state index contributed by atoms with van der Waals surface area (Å²) in [5, 5.41) is 6.44. The van der Waals surface area contributed by atoms with Gasteiger partial charge in [0.1, 0.15) is 5.75 Å². The van der Waals surface area contributed by atoms with Gasteiger partial charge in [0.05, 0.1) is 17.8 Å². The Morgan fingerprint density at radius 1 is 1.48 bits per heavy atom. The number of hydrogen-bond acceptors (Lipinski definition) is 4. The fourth-order valence-corrected chi connectivity index (χ4v) is 2.92. The van der Waals surface area contributed by atoms with Crippen LogP contribution in [-0.4, -0.2) is 31.8 Å². The highest BCUT2D eigenvalue weighted by molar-refractivity contribution is 5.95. The molecule has 2 aliphatic heterocycles. The van der Waals surface area contributed by atoms with Crippen LogP contribution in [0.2, 0.25) is 0 Å². The quantitative estimate of drug-likeness (QED) is 0.873. The van der Waals surface area contributed by atoms with E-state index in [4.69, 9.17) is 9.47 Å². The molecular weight excluding hydrogens is 268 g/mol. The van der Waals surface area contributed by atoms with Gasteiger partial charge in [0.25, 0.3) is 5.91 Å². The highest BCUT2D eigenvalue weighted by Crippen LogP contribution is 2.33. The molecule has 2 unspecified atom stereocenters. The lowest BCUT2D eigenvalue weighted by Crippen LogP contribution is -2.32. The second-order valence-corrected chi connectivity index (χ2v) is 5.58. The molecule has 2 N–H and O–H groups in total. The topological polar surface area (TPSA) is 59.6 Å². The first-order chi connectivity index (χ1) is 10.3. The van der Waals surface area contributed by atoms with Gasteiger partial charge >= 0.3 is 0 Å². The molecular formula is C16H22N2O3. The number of amides is 1. The number of carbonyl (C=O) groups excluding carboxylic acids is 1. The average Bonchev–Trinajstić information content (AvgIpc) is 3.01. The molecule has 114 valence electrons. The highest BCUT2D eigenvalue weighted by atomic mass is 16.5. The fraction of sp³-hybridized carbons (Fsp3) is 0.562. The molecule has 2 aliphatic rings. The van der Waals surface area contributed by atoms with Crippen LogP contribution in [0.4, 0.5) is 5.69 Å². The van der Waals surface area contributed by atoms with Crippen molar-refractivity contribution in [3.05, 3.63) is 23.8 Å². The standard InChI is InChI=1S/C16H22N2O3/c1-2-7-17-16(14-4-3-8-20-14)11-5-6-13-12(9-11)18-15(19)10-21-13/h5-6,9,14,16-17H,2-4,7-8,10H2,1H3,(H,18,19). The van der Waals surface area contributed by atoms with Gasteiger partial charge in [-0.15, -0.1) is 0 Å². The zero-order chi connectivity index (χ0) is 14.7. The third-order valence-electron chi connectivity index (χ3n) is 3.95. The van der Waals surface area contributed by atoms with Crippen LogP contribution >= 0.6 is 0 Å². The van der Waals surface area contributed by atoms with E-state index in [2.05, 4.69) is 23.6 Å². The monoisotopic (exact) mass is 290 g/mol. The highest BCUT2D eigenvalue weighted by Gasteiger charge is 2.28. The predicted octanol–water partition coefficient (Wildman–Crippen LogP) is 2.24. The minimum Gasteiger partial charge on any atom is -0.482 e. The molecule has 0 bridgehead atoms. The first kappa shape index (κ1) is 14.4. The van der Waals surface area contributed by atoms with Gasteiger partial charge in [-0.05, 0) is 43.5 Å². The Balaban J connectivity index is 1.84. The molecule has 0 aromatic heterocycles. The van der Waals surface area contributed by atoms with Crippen LogP contribution in [0, 0.1) is 0 Å². The van der Waals surface area contributed by atoms with Crippen molar-refractivity contribution in [2.75, 3.05) is 25.1 Å². The Morgan fingerprint density at radius 2 is 2.38 bits per heavy atom. The first-order valence-corrected chi connectivity index (χ1v) is 7.69. The number of anilines is 1. The maximum atomic E-state index is 11.5. The molecule has 3 rings (SSSR count). The van der Waals surface area contributed by atoms with E-state index in [1.54, 1.807) is 0 Å². The van der Waals surface area contributed by atoms with Gasteiger partial charge in [0.2, 0.25) is 0 Å². The molecule has 2 atom stereocenters. The van der Waals surface area contributed by atoms with E-state index in [0.29, 0.717) is 0 Å². The van der Waals surface area contributed by atoms with Gasteiger partial charge in [0.15, 0.2) is 6.61 Å². The van der Waals surface area contributed by atoms with E-state index in [1.807, 2.05) is 12.1 Å². The molecule has 1 aromatic rings. The Bertz CT molecular complexity index is 512. The molecule has 1 amide bonds. The number of nitrogens with one attached hydrogen (secondary N) is 2. The molecule has 1 aromatic carbocycles. The zero-order valence-corrected chi connectivity index (χ0v) is 12.4. The van der Waals surface area contributed by atoms with E-state index in [0.717, 1.165) is 49.4 Å². The maximum absolute atomic E-state index is 11.5. The van der Waals surface area contributed by atoms with Gasteiger partial charge < -0.3 is 20.1 Å². The van der Waals surface area contributed by atoms with Gasteiger partial charge in [-0.25, -0.2) is 0 Å². The lowest BCUT2D eigenvalue weighted by molar-refractivity contribution is -0.118. The summed E-state index contributed by atoms with van der Waals surface area (Å²) < 4.78 is 11.3. The smallest absolute Gasteiger partial charge is 0.262 e. The van der Waals surface area contributed by atoms with E-state index in [9.17, 15) is 4.79 Å². The van der Waals surface area contributed by atoms with Crippen molar-refractivity contribution in [3.63, 3.8) is 0 Å². The second kappa shape index (κ2) is 6.45. The predicted molar refractivity (Wildman–Crippen MR) is 80.6 cm³/mol. The molecule has 21 heavy (non-hydrogen) atoms. The molecule has 0 saturated carbocycles. The summed E-state index contributed by atoms with van der Waals surface area (Å²) >= 11 is 0. The number of carbonyl (C=O) groups is 1. The van der Waals surface area contributed by atoms with Crippen LogP contribution in [0.3, 0.4) is 0 Å². The van der Waals surface area contributed by atoms with Crippen LogP contribution in [0.25, 0.3) is 0 Å². The number of ether oxygens (including phenoxy) is 2. The molecule has 1 saturated heterocycles. The molecule has 0 spiro atoms. The Kier molecular flexibility index (Phi) is 4.41. The van der Waals surface area contributed by atoms with Crippen LogP contribution in [0.1, 0.15) is 37.8 Å². The van der Waals surface area contributed by atoms with E-state index < -0.39 is 0 Å². The Labute approximate surface area is 125 Å². The number of hydrogen-bond donors (Lipinski definition) is 2. The number of benzene rings is 1. The number of fused-ring (bicyclic) bond motifs is 1. The largest absolute Gasteiger partial charge is 0.482 e. The molecule has 5 nitrogen and oxygen atoms in total. The van der Waals surface area contributed by atoms with Crippen LogP contribution in [0.5, 0.6) is 5.75 Å². The Morgan fingerprint density at radius 3 is 3.14 bits per heavy atom. The lowest BCUT2D eigenvalue weighted by atomic mass is 9.98. The molecule has 1 fully saturated rings. The molecule has 0 aliphatic carbocycles. The lowest BCUT2D eigenvalue weighted by Gasteiger charge is -2.26. The fourth-order valence-electron chi connectivity index (χ4n) is 2.92. The minimum atomic E-state index is -0.102. The summed E-state index contributed by atoms with van der Waals surface area (Å²) in [5.41, 5.74) is 1.89. The zero-order valence-electron chi connectivity index (χ0n) is 12.4. The van der Waals surface area contributed by atoms with Crippen molar-refractivity contribution in [1.29, 1.82) is 0 Å². The van der Waals surface area contributed by atoms with Crippen LogP contribution in [0.15, 0.2) is 18.2 Å². The summed E-state index contributed by atoms with van der Waals surface area (Å²) in [6, 6.07) is 6.16. The third-order valence-corrected chi connectivity index (χ3v) is 3.95. The van der Waals surface area contributed by atoms with Crippen molar-refractivity contribution in [3.8, 4) is 5.75 Å². The van der Waals surface area contributed by atoms with Crippen molar-refractivity contribution in [2.24, 2.45) is 0 Å². The molecule has 5 heteroatoms. The minimum absolute atomic E-state index is 0.0929. The van der Waals surface area contributed by atoms with Crippen molar-refractivity contribution in [2.45, 2.75) is 38.3 Å². The van der Waals surface area contributed by atoms with E-state index >= 15 is 0 Å². The first-order valence-electron chi connectivity index (χ1n) is 7.69. The van der Waals surface area contributed by atoms with E-state index in [-0.39, 0.29) is 24.7 Å². The third kappa shape index (κ3) is 3.19. The SMILES string of the molecule is CCCNC(c1ccc2c(c1)NC(=O)CO2)C1CCCO1. The van der Waals surface area contributed by atoms with Crippen molar-refractivity contribution in [1.82, 2.24) is 5.32 Å². The second-order valence-electron chi connectivity index (χ2n) is 5.58. The summed E-state index contributed by atoms with van der Waals surface area (Å²) in [6.07, 6.45) is 3.46. The number of rotatable bonds is 5. The summed E-state index contributed by atoms with van der Waals surface area (Å²) in [4.78, 5) is 11.5. The van der Waals surface area contributed by atoms with Crippen molar-refractivity contribution >= 4 is 11.6 Å². The van der Waals surface area contributed by atoms with Gasteiger partial charge in [-0.1, -0.05) is 13.0 Å². The summed E-state index contributed by atoms with van der Waals surface area (Å²) in [6.45, 7) is 4.03. The average molecular weight is 290 g/mol. The van der Waals surface area contributed by atoms with Gasteiger partial charge in [0, 0.05) is 6.61 Å². The van der Waals surface area contributed by atoms with Gasteiger partial charge in [-0.2, -0.15) is 0 Å². The maximum Gasteiger partial charge on any atom is 0.262 e. The molecule has 0 radical (unpaired) electrons. The van der Waals surface area contributed by atoms with Crippen molar-refractivity contribution < 1.29 is 14.3 Å². The van der Waals surface area contributed by atoms with Gasteiger partial charge in [-0.3, -0.25) is 4.79 Å². The molecule has 2 heterocycles. The van der Waals surface area contributed by atoms with Crippen LogP contribution in [-0.2, 0) is 9.53 Å². The normalized spacial score (nSPS) is 22.3. The van der Waals surface area contributed by atoms with E-state index in [1.165, 1.54) is 0 Å². The summed E-state index contributed by atoms with van der Waals surface area (Å²) in [7, 11) is 0.